The summed E-state index contributed by atoms with van der Waals surface area (Å²) in [7, 11) is 0. The Morgan fingerprint density at radius 2 is 2.16 bits per heavy atom. The molecule has 100 valence electrons. The van der Waals surface area contributed by atoms with E-state index in [2.05, 4.69) is 15.3 Å². The van der Waals surface area contributed by atoms with Crippen LogP contribution in [0, 0.1) is 0 Å². The van der Waals surface area contributed by atoms with Gasteiger partial charge in [-0.3, -0.25) is 4.79 Å². The first-order valence-electron chi connectivity index (χ1n) is 6.19. The summed E-state index contributed by atoms with van der Waals surface area (Å²) in [6.07, 6.45) is 1.40. The first kappa shape index (κ1) is 13.5. The lowest BCUT2D eigenvalue weighted by Gasteiger charge is -2.22. The normalized spacial score (nSPS) is 10.4. The summed E-state index contributed by atoms with van der Waals surface area (Å²) in [5, 5.41) is 4.35. The molecule has 2 aromatic rings. The van der Waals surface area contributed by atoms with Gasteiger partial charge in [0.2, 0.25) is 0 Å². The van der Waals surface area contributed by atoms with Gasteiger partial charge in [-0.15, -0.1) is 0 Å². The molecule has 0 unspecified atom stereocenters. The van der Waals surface area contributed by atoms with E-state index in [1.165, 1.54) is 6.33 Å². The SMILES string of the molecule is CCN(CC)C(=S)Nc1ccc2nc[nH]c(=O)c2c1. The Morgan fingerprint density at radius 1 is 1.42 bits per heavy atom. The molecule has 0 saturated heterocycles. The van der Waals surface area contributed by atoms with Crippen molar-refractivity contribution in [2.75, 3.05) is 18.4 Å². The van der Waals surface area contributed by atoms with Crippen molar-refractivity contribution < 1.29 is 0 Å². The highest BCUT2D eigenvalue weighted by atomic mass is 32.1. The van der Waals surface area contributed by atoms with Crippen molar-refractivity contribution in [2.24, 2.45) is 0 Å². The minimum absolute atomic E-state index is 0.151. The van der Waals surface area contributed by atoms with Gasteiger partial charge in [-0.1, -0.05) is 0 Å². The molecule has 1 aromatic heterocycles. The van der Waals surface area contributed by atoms with E-state index in [0.717, 1.165) is 18.8 Å². The molecule has 2 N–H and O–H groups in total. The van der Waals surface area contributed by atoms with Gasteiger partial charge in [-0.25, -0.2) is 4.98 Å². The fraction of sp³-hybridized carbons (Fsp3) is 0.308. The average Bonchev–Trinajstić information content (AvgIpc) is 2.41. The number of fused-ring (bicyclic) bond motifs is 1. The molecular formula is C13H16N4OS. The largest absolute Gasteiger partial charge is 0.350 e. The van der Waals surface area contributed by atoms with Crippen LogP contribution in [0.25, 0.3) is 10.9 Å². The third-order valence-corrected chi connectivity index (χ3v) is 3.30. The number of nitrogens with zero attached hydrogens (tertiary/aromatic N) is 2. The van der Waals surface area contributed by atoms with E-state index in [1.54, 1.807) is 12.1 Å². The van der Waals surface area contributed by atoms with Crippen LogP contribution in [0.1, 0.15) is 13.8 Å². The van der Waals surface area contributed by atoms with Gasteiger partial charge in [0, 0.05) is 18.8 Å². The number of rotatable bonds is 3. The van der Waals surface area contributed by atoms with Crippen molar-refractivity contribution >= 4 is 33.9 Å². The van der Waals surface area contributed by atoms with Crippen LogP contribution in [0.5, 0.6) is 0 Å². The molecule has 19 heavy (non-hydrogen) atoms. The molecule has 0 aliphatic carbocycles. The zero-order chi connectivity index (χ0) is 13.8. The summed E-state index contributed by atoms with van der Waals surface area (Å²) in [6.45, 7) is 5.79. The summed E-state index contributed by atoms with van der Waals surface area (Å²) in [5.41, 5.74) is 1.31. The van der Waals surface area contributed by atoms with Crippen LogP contribution in [-0.2, 0) is 0 Å². The first-order chi connectivity index (χ1) is 9.15. The number of hydrogen-bond donors (Lipinski definition) is 2. The molecule has 6 heteroatoms. The summed E-state index contributed by atoms with van der Waals surface area (Å²) in [5.74, 6) is 0. The van der Waals surface area contributed by atoms with E-state index in [9.17, 15) is 4.79 Å². The predicted molar refractivity (Wildman–Crippen MR) is 81.5 cm³/mol. The van der Waals surface area contributed by atoms with Crippen LogP contribution in [0.2, 0.25) is 0 Å². The first-order valence-corrected chi connectivity index (χ1v) is 6.60. The van der Waals surface area contributed by atoms with Crippen molar-refractivity contribution in [2.45, 2.75) is 13.8 Å². The molecule has 0 aliphatic rings. The third-order valence-electron chi connectivity index (χ3n) is 2.94. The number of benzene rings is 1. The highest BCUT2D eigenvalue weighted by molar-refractivity contribution is 7.80. The number of nitrogens with one attached hydrogen (secondary N) is 2. The van der Waals surface area contributed by atoms with E-state index in [-0.39, 0.29) is 5.56 Å². The van der Waals surface area contributed by atoms with E-state index >= 15 is 0 Å². The molecule has 0 amide bonds. The molecule has 0 radical (unpaired) electrons. The molecule has 0 bridgehead atoms. The van der Waals surface area contributed by atoms with Gasteiger partial charge >= 0.3 is 0 Å². The smallest absolute Gasteiger partial charge is 0.258 e. The molecule has 0 atom stereocenters. The van der Waals surface area contributed by atoms with Gasteiger partial charge < -0.3 is 15.2 Å². The zero-order valence-corrected chi connectivity index (χ0v) is 11.8. The zero-order valence-electron chi connectivity index (χ0n) is 10.9. The number of thiocarbonyl (C=S) groups is 1. The monoisotopic (exact) mass is 276 g/mol. The second kappa shape index (κ2) is 5.79. The Bertz CT molecular complexity index is 648. The minimum Gasteiger partial charge on any atom is -0.350 e. The van der Waals surface area contributed by atoms with Crippen LogP contribution in [0.3, 0.4) is 0 Å². The van der Waals surface area contributed by atoms with E-state index in [4.69, 9.17) is 12.2 Å². The van der Waals surface area contributed by atoms with Crippen LogP contribution in [-0.4, -0.2) is 33.1 Å². The van der Waals surface area contributed by atoms with Crippen molar-refractivity contribution in [3.8, 4) is 0 Å². The predicted octanol–water partition coefficient (Wildman–Crippen LogP) is 1.96. The Labute approximate surface area is 116 Å². The van der Waals surface area contributed by atoms with Crippen molar-refractivity contribution in [1.29, 1.82) is 0 Å². The van der Waals surface area contributed by atoms with Crippen molar-refractivity contribution in [3.05, 3.63) is 34.9 Å². The minimum atomic E-state index is -0.151. The van der Waals surface area contributed by atoms with Crippen LogP contribution in [0.15, 0.2) is 29.3 Å². The lowest BCUT2D eigenvalue weighted by Crippen LogP contribution is -2.34. The van der Waals surface area contributed by atoms with Crippen molar-refractivity contribution in [1.82, 2.24) is 14.9 Å². The number of H-pyrrole nitrogens is 1. The molecule has 1 heterocycles. The van der Waals surface area contributed by atoms with Crippen molar-refractivity contribution in [3.63, 3.8) is 0 Å². The van der Waals surface area contributed by atoms with E-state index in [0.29, 0.717) is 16.0 Å². The Hall–Kier alpha value is -1.95. The highest BCUT2D eigenvalue weighted by Crippen LogP contribution is 2.14. The summed E-state index contributed by atoms with van der Waals surface area (Å²) < 4.78 is 0. The molecule has 5 nitrogen and oxygen atoms in total. The van der Waals surface area contributed by atoms with E-state index < -0.39 is 0 Å². The van der Waals surface area contributed by atoms with Crippen LogP contribution >= 0.6 is 12.2 Å². The summed E-state index contributed by atoms with van der Waals surface area (Å²) >= 11 is 5.32. The lowest BCUT2D eigenvalue weighted by atomic mass is 10.2. The Balaban J connectivity index is 2.29. The second-order valence-corrected chi connectivity index (χ2v) is 4.45. The quantitative estimate of drug-likeness (QED) is 0.839. The number of aromatic amines is 1. The highest BCUT2D eigenvalue weighted by Gasteiger charge is 2.06. The van der Waals surface area contributed by atoms with Crippen LogP contribution in [0.4, 0.5) is 5.69 Å². The standard InChI is InChI=1S/C13H16N4OS/c1-3-17(4-2)13(19)16-9-5-6-11-10(7-9)12(18)15-8-14-11/h5-8H,3-4H2,1-2H3,(H,16,19)(H,14,15,18). The fourth-order valence-corrected chi connectivity index (χ4v) is 2.24. The van der Waals surface area contributed by atoms with Gasteiger partial charge in [0.25, 0.3) is 5.56 Å². The Morgan fingerprint density at radius 3 is 2.84 bits per heavy atom. The van der Waals surface area contributed by atoms with Gasteiger partial charge in [0.05, 0.1) is 17.2 Å². The van der Waals surface area contributed by atoms with Gasteiger partial charge in [0.1, 0.15) is 0 Å². The Kier molecular flexibility index (Phi) is 4.11. The molecular weight excluding hydrogens is 260 g/mol. The number of anilines is 1. The third kappa shape index (κ3) is 2.90. The second-order valence-electron chi connectivity index (χ2n) is 4.07. The average molecular weight is 276 g/mol. The molecule has 2 rings (SSSR count). The number of aromatic nitrogens is 2. The topological polar surface area (TPSA) is 61.0 Å². The maximum Gasteiger partial charge on any atom is 0.258 e. The maximum absolute atomic E-state index is 11.7. The molecule has 0 fully saturated rings. The maximum atomic E-state index is 11.7. The van der Waals surface area contributed by atoms with Gasteiger partial charge in [-0.2, -0.15) is 0 Å². The lowest BCUT2D eigenvalue weighted by molar-refractivity contribution is 0.473. The molecule has 0 saturated carbocycles. The summed E-state index contributed by atoms with van der Waals surface area (Å²) in [4.78, 5) is 20.4. The van der Waals surface area contributed by atoms with E-state index in [1.807, 2.05) is 24.8 Å². The fourth-order valence-electron chi connectivity index (χ4n) is 1.86. The van der Waals surface area contributed by atoms with Gasteiger partial charge in [0.15, 0.2) is 5.11 Å². The van der Waals surface area contributed by atoms with Gasteiger partial charge in [-0.05, 0) is 44.3 Å². The molecule has 1 aromatic carbocycles. The molecule has 0 aliphatic heterocycles. The molecule has 0 spiro atoms. The van der Waals surface area contributed by atoms with Crippen LogP contribution < -0.4 is 10.9 Å². The number of hydrogen-bond acceptors (Lipinski definition) is 3. The summed E-state index contributed by atoms with van der Waals surface area (Å²) in [6, 6.07) is 5.43.